The standard InChI is InChI=1S/C16H11F4N3OS/c1-25-15-21-7-11-13(22-15)4-5-23(14(11)24)8-9-6-10(16(18,19)20)2-3-12(9)17/h2-7H,8H2,1H3. The van der Waals surface area contributed by atoms with Crippen LogP contribution in [0.1, 0.15) is 11.1 Å². The molecule has 25 heavy (non-hydrogen) atoms. The second kappa shape index (κ2) is 6.47. The predicted octanol–water partition coefficient (Wildman–Crippen LogP) is 3.72. The minimum Gasteiger partial charge on any atom is -0.310 e. The molecular formula is C16H11F4N3OS. The fourth-order valence-electron chi connectivity index (χ4n) is 2.33. The summed E-state index contributed by atoms with van der Waals surface area (Å²) in [4.78, 5) is 20.7. The van der Waals surface area contributed by atoms with Crippen LogP contribution >= 0.6 is 11.8 Å². The fraction of sp³-hybridized carbons (Fsp3) is 0.188. The number of fused-ring (bicyclic) bond motifs is 1. The number of benzene rings is 1. The van der Waals surface area contributed by atoms with Gasteiger partial charge in [0.25, 0.3) is 5.56 Å². The summed E-state index contributed by atoms with van der Waals surface area (Å²) in [7, 11) is 0. The van der Waals surface area contributed by atoms with Crippen molar-refractivity contribution in [2.45, 2.75) is 17.9 Å². The number of hydrogen-bond donors (Lipinski definition) is 0. The van der Waals surface area contributed by atoms with Gasteiger partial charge in [-0.3, -0.25) is 4.79 Å². The summed E-state index contributed by atoms with van der Waals surface area (Å²) in [5, 5.41) is 0.709. The number of alkyl halides is 3. The van der Waals surface area contributed by atoms with Crippen LogP contribution in [0, 0.1) is 5.82 Å². The summed E-state index contributed by atoms with van der Waals surface area (Å²) in [6.45, 7) is -0.325. The van der Waals surface area contributed by atoms with Gasteiger partial charge in [0, 0.05) is 18.0 Å². The lowest BCUT2D eigenvalue weighted by Crippen LogP contribution is -2.21. The molecule has 0 bridgehead atoms. The lowest BCUT2D eigenvalue weighted by Gasteiger charge is -2.11. The molecule has 0 N–H and O–H groups in total. The van der Waals surface area contributed by atoms with Gasteiger partial charge in [0.05, 0.1) is 23.0 Å². The third-order valence-electron chi connectivity index (χ3n) is 3.60. The minimum absolute atomic E-state index is 0.215. The van der Waals surface area contributed by atoms with E-state index in [9.17, 15) is 22.4 Å². The first-order valence-electron chi connectivity index (χ1n) is 7.05. The lowest BCUT2D eigenvalue weighted by atomic mass is 10.1. The molecule has 3 rings (SSSR count). The highest BCUT2D eigenvalue weighted by molar-refractivity contribution is 7.98. The van der Waals surface area contributed by atoms with E-state index >= 15 is 0 Å². The van der Waals surface area contributed by atoms with E-state index in [0.29, 0.717) is 22.8 Å². The van der Waals surface area contributed by atoms with Gasteiger partial charge in [-0.25, -0.2) is 14.4 Å². The Bertz CT molecular complexity index is 1000. The molecule has 4 nitrogen and oxygen atoms in total. The Balaban J connectivity index is 2.04. The van der Waals surface area contributed by atoms with Crippen LogP contribution in [-0.4, -0.2) is 20.8 Å². The first-order chi connectivity index (χ1) is 11.8. The van der Waals surface area contributed by atoms with Gasteiger partial charge in [0.2, 0.25) is 0 Å². The van der Waals surface area contributed by atoms with Crippen LogP contribution < -0.4 is 5.56 Å². The Morgan fingerprint density at radius 2 is 2.00 bits per heavy atom. The molecule has 0 aliphatic carbocycles. The maximum atomic E-state index is 13.9. The molecule has 0 saturated carbocycles. The van der Waals surface area contributed by atoms with E-state index in [-0.39, 0.29) is 17.5 Å². The molecule has 0 saturated heterocycles. The third kappa shape index (κ3) is 3.51. The van der Waals surface area contributed by atoms with Crippen molar-refractivity contribution < 1.29 is 17.6 Å². The van der Waals surface area contributed by atoms with Crippen molar-refractivity contribution >= 4 is 22.7 Å². The van der Waals surface area contributed by atoms with Crippen molar-refractivity contribution in [2.75, 3.05) is 6.26 Å². The van der Waals surface area contributed by atoms with E-state index in [1.807, 2.05) is 0 Å². The highest BCUT2D eigenvalue weighted by Crippen LogP contribution is 2.30. The van der Waals surface area contributed by atoms with Crippen molar-refractivity contribution in [2.24, 2.45) is 0 Å². The van der Waals surface area contributed by atoms with Gasteiger partial charge >= 0.3 is 6.18 Å². The number of pyridine rings is 1. The lowest BCUT2D eigenvalue weighted by molar-refractivity contribution is -0.137. The van der Waals surface area contributed by atoms with Gasteiger partial charge in [0.1, 0.15) is 5.82 Å². The molecule has 1 aromatic carbocycles. The quantitative estimate of drug-likeness (QED) is 0.401. The second-order valence-electron chi connectivity index (χ2n) is 5.21. The van der Waals surface area contributed by atoms with Crippen LogP contribution in [0.5, 0.6) is 0 Å². The minimum atomic E-state index is -4.58. The Hall–Kier alpha value is -2.42. The van der Waals surface area contributed by atoms with E-state index in [4.69, 9.17) is 0 Å². The van der Waals surface area contributed by atoms with Crippen LogP contribution in [-0.2, 0) is 12.7 Å². The SMILES string of the molecule is CSc1ncc2c(=O)n(Cc3cc(C(F)(F)F)ccc3F)ccc2n1. The highest BCUT2D eigenvalue weighted by Gasteiger charge is 2.31. The number of thioether (sulfide) groups is 1. The largest absolute Gasteiger partial charge is 0.416 e. The molecule has 9 heteroatoms. The molecule has 0 amide bonds. The normalized spacial score (nSPS) is 11.9. The Labute approximate surface area is 143 Å². The first kappa shape index (κ1) is 17.4. The summed E-state index contributed by atoms with van der Waals surface area (Å²) < 4.78 is 53.4. The van der Waals surface area contributed by atoms with Gasteiger partial charge in [-0.1, -0.05) is 11.8 Å². The fourth-order valence-corrected chi connectivity index (χ4v) is 2.68. The van der Waals surface area contributed by atoms with E-state index in [2.05, 4.69) is 9.97 Å². The van der Waals surface area contributed by atoms with Crippen molar-refractivity contribution in [1.29, 1.82) is 0 Å². The van der Waals surface area contributed by atoms with Gasteiger partial charge < -0.3 is 4.57 Å². The molecule has 0 aliphatic heterocycles. The molecule has 130 valence electrons. The summed E-state index contributed by atoms with van der Waals surface area (Å²) >= 11 is 1.31. The zero-order valence-corrected chi connectivity index (χ0v) is 13.7. The van der Waals surface area contributed by atoms with Crippen LogP contribution in [0.15, 0.2) is 46.6 Å². The number of aromatic nitrogens is 3. The summed E-state index contributed by atoms with van der Waals surface area (Å²) in [5.41, 5.74) is -1.27. The topological polar surface area (TPSA) is 47.8 Å². The maximum absolute atomic E-state index is 13.9. The zero-order chi connectivity index (χ0) is 18.2. The second-order valence-corrected chi connectivity index (χ2v) is 5.98. The molecule has 0 aliphatic rings. The van der Waals surface area contributed by atoms with Gasteiger partial charge in [-0.2, -0.15) is 13.2 Å². The molecule has 0 unspecified atom stereocenters. The van der Waals surface area contributed by atoms with Crippen molar-refractivity contribution in [3.63, 3.8) is 0 Å². The monoisotopic (exact) mass is 369 g/mol. The predicted molar refractivity (Wildman–Crippen MR) is 86.1 cm³/mol. The molecule has 0 fully saturated rings. The molecule has 2 heterocycles. The summed E-state index contributed by atoms with van der Waals surface area (Å²) in [6.07, 6.45) is -0.0609. The van der Waals surface area contributed by atoms with Gasteiger partial charge in [-0.05, 0) is 30.5 Å². The van der Waals surface area contributed by atoms with E-state index in [1.165, 1.54) is 24.2 Å². The maximum Gasteiger partial charge on any atom is 0.416 e. The number of halogens is 4. The average molecular weight is 369 g/mol. The van der Waals surface area contributed by atoms with Crippen LogP contribution in [0.25, 0.3) is 10.9 Å². The number of hydrogen-bond acceptors (Lipinski definition) is 4. The molecular weight excluding hydrogens is 358 g/mol. The number of nitrogens with zero attached hydrogens (tertiary/aromatic N) is 3. The van der Waals surface area contributed by atoms with Crippen LogP contribution in [0.3, 0.4) is 0 Å². The summed E-state index contributed by atoms with van der Waals surface area (Å²) in [5.74, 6) is -0.811. The molecule has 0 radical (unpaired) electrons. The smallest absolute Gasteiger partial charge is 0.310 e. The van der Waals surface area contributed by atoms with Gasteiger partial charge in [0.15, 0.2) is 5.16 Å². The van der Waals surface area contributed by atoms with Crippen molar-refractivity contribution in [1.82, 2.24) is 14.5 Å². The van der Waals surface area contributed by atoms with E-state index < -0.39 is 23.1 Å². The van der Waals surface area contributed by atoms with Crippen molar-refractivity contribution in [3.05, 3.63) is 64.0 Å². The van der Waals surface area contributed by atoms with Crippen LogP contribution in [0.2, 0.25) is 0 Å². The van der Waals surface area contributed by atoms with E-state index in [1.54, 1.807) is 12.3 Å². The zero-order valence-electron chi connectivity index (χ0n) is 12.8. The van der Waals surface area contributed by atoms with Crippen LogP contribution in [0.4, 0.5) is 17.6 Å². The Morgan fingerprint density at radius 3 is 2.68 bits per heavy atom. The first-order valence-corrected chi connectivity index (χ1v) is 8.28. The Kier molecular flexibility index (Phi) is 4.51. The molecule has 3 aromatic rings. The average Bonchev–Trinajstić information content (AvgIpc) is 2.57. The van der Waals surface area contributed by atoms with E-state index in [0.717, 1.165) is 10.6 Å². The third-order valence-corrected chi connectivity index (χ3v) is 4.16. The molecule has 2 aromatic heterocycles. The Morgan fingerprint density at radius 1 is 1.24 bits per heavy atom. The number of rotatable bonds is 3. The van der Waals surface area contributed by atoms with Crippen molar-refractivity contribution in [3.8, 4) is 0 Å². The molecule has 0 atom stereocenters. The van der Waals surface area contributed by atoms with Gasteiger partial charge in [-0.15, -0.1) is 0 Å². The highest BCUT2D eigenvalue weighted by atomic mass is 32.2. The molecule has 0 spiro atoms. The summed E-state index contributed by atoms with van der Waals surface area (Å²) in [6, 6.07) is 3.67.